The summed E-state index contributed by atoms with van der Waals surface area (Å²) in [6, 6.07) is 7.71. The fourth-order valence-electron chi connectivity index (χ4n) is 1.16. The molecule has 0 aromatic heterocycles. The number of halogens is 1. The highest BCUT2D eigenvalue weighted by atomic mass is 35.5. The molecule has 1 rings (SSSR count). The number of nitrogens with one attached hydrogen (secondary N) is 1. The molecule has 4 nitrogen and oxygen atoms in total. The molecule has 0 bridgehead atoms. The van der Waals surface area contributed by atoms with Gasteiger partial charge in [-0.3, -0.25) is 5.43 Å². The SMILES string of the molecule is CCOC(=O)C(Cl)=NNc1ccc(CC)cc1. The number of carbonyl (C=O) groups excluding carboxylic acids is 1. The lowest BCUT2D eigenvalue weighted by Gasteiger charge is -2.03. The third-order valence-corrected chi connectivity index (χ3v) is 2.33. The van der Waals surface area contributed by atoms with Crippen molar-refractivity contribution in [2.24, 2.45) is 5.10 Å². The molecule has 1 N–H and O–H groups in total. The van der Waals surface area contributed by atoms with Gasteiger partial charge in [-0.05, 0) is 31.0 Å². The van der Waals surface area contributed by atoms with E-state index in [4.69, 9.17) is 11.6 Å². The monoisotopic (exact) mass is 254 g/mol. The van der Waals surface area contributed by atoms with Gasteiger partial charge < -0.3 is 4.74 Å². The number of ether oxygens (including phenoxy) is 1. The van der Waals surface area contributed by atoms with Crippen molar-refractivity contribution < 1.29 is 9.53 Å². The first-order valence-electron chi connectivity index (χ1n) is 5.42. The van der Waals surface area contributed by atoms with E-state index in [1.807, 2.05) is 24.3 Å². The van der Waals surface area contributed by atoms with E-state index in [1.165, 1.54) is 5.56 Å². The zero-order chi connectivity index (χ0) is 12.7. The van der Waals surface area contributed by atoms with Crippen LogP contribution in [0.15, 0.2) is 29.4 Å². The average molecular weight is 255 g/mol. The maximum Gasteiger partial charge on any atom is 0.370 e. The summed E-state index contributed by atoms with van der Waals surface area (Å²) in [6.07, 6.45) is 0.979. The molecule has 5 heteroatoms. The lowest BCUT2D eigenvalue weighted by atomic mass is 10.2. The molecule has 92 valence electrons. The van der Waals surface area contributed by atoms with Crippen molar-refractivity contribution in [3.05, 3.63) is 29.8 Å². The average Bonchev–Trinajstić information content (AvgIpc) is 2.36. The smallest absolute Gasteiger partial charge is 0.370 e. The lowest BCUT2D eigenvalue weighted by molar-refractivity contribution is -0.134. The molecule has 0 heterocycles. The van der Waals surface area contributed by atoms with E-state index in [9.17, 15) is 4.79 Å². The first kappa shape index (κ1) is 13.5. The second-order valence-corrected chi connectivity index (χ2v) is 3.64. The van der Waals surface area contributed by atoms with Gasteiger partial charge in [0.25, 0.3) is 0 Å². The van der Waals surface area contributed by atoms with Crippen LogP contribution in [-0.2, 0) is 16.0 Å². The Hall–Kier alpha value is -1.55. The summed E-state index contributed by atoms with van der Waals surface area (Å²) in [5, 5.41) is 3.51. The Kier molecular flexibility index (Phi) is 5.49. The molecule has 0 aliphatic carbocycles. The molecular weight excluding hydrogens is 240 g/mol. The number of hydrazone groups is 1. The van der Waals surface area contributed by atoms with Crippen LogP contribution < -0.4 is 5.43 Å². The Morgan fingerprint density at radius 3 is 2.53 bits per heavy atom. The van der Waals surface area contributed by atoms with E-state index in [2.05, 4.69) is 22.2 Å². The molecule has 1 aromatic rings. The fourth-order valence-corrected chi connectivity index (χ4v) is 1.26. The molecule has 0 atom stereocenters. The number of esters is 1. The minimum atomic E-state index is -0.633. The van der Waals surface area contributed by atoms with E-state index in [-0.39, 0.29) is 11.8 Å². The topological polar surface area (TPSA) is 50.7 Å². The highest BCUT2D eigenvalue weighted by Gasteiger charge is 2.08. The van der Waals surface area contributed by atoms with Crippen LogP contribution in [0.1, 0.15) is 19.4 Å². The number of aryl methyl sites for hydroxylation is 1. The van der Waals surface area contributed by atoms with Crippen molar-refractivity contribution in [3.63, 3.8) is 0 Å². The van der Waals surface area contributed by atoms with Crippen molar-refractivity contribution in [1.29, 1.82) is 0 Å². The second kappa shape index (κ2) is 6.91. The summed E-state index contributed by atoms with van der Waals surface area (Å²) in [7, 11) is 0. The van der Waals surface area contributed by atoms with Crippen LogP contribution in [0.4, 0.5) is 5.69 Å². The van der Waals surface area contributed by atoms with Gasteiger partial charge in [0.15, 0.2) is 0 Å². The standard InChI is InChI=1S/C12H15ClN2O2/c1-3-9-5-7-10(8-6-9)14-15-11(13)12(16)17-4-2/h5-8,14H,3-4H2,1-2H3. The summed E-state index contributed by atoms with van der Waals surface area (Å²) in [6.45, 7) is 4.06. The number of hydrogen-bond donors (Lipinski definition) is 1. The van der Waals surface area contributed by atoms with E-state index in [1.54, 1.807) is 6.92 Å². The van der Waals surface area contributed by atoms with Crippen molar-refractivity contribution >= 4 is 28.4 Å². The summed E-state index contributed by atoms with van der Waals surface area (Å²) >= 11 is 5.63. The van der Waals surface area contributed by atoms with Crippen LogP contribution in [0.3, 0.4) is 0 Å². The molecule has 0 spiro atoms. The highest BCUT2D eigenvalue weighted by molar-refractivity contribution is 6.82. The molecule has 0 aliphatic heterocycles. The molecule has 0 radical (unpaired) electrons. The molecule has 1 aromatic carbocycles. The summed E-state index contributed by atoms with van der Waals surface area (Å²) < 4.78 is 4.69. The molecule has 17 heavy (non-hydrogen) atoms. The van der Waals surface area contributed by atoms with Crippen molar-refractivity contribution in [3.8, 4) is 0 Å². The number of nitrogens with zero attached hydrogens (tertiary/aromatic N) is 1. The molecular formula is C12H15ClN2O2. The van der Waals surface area contributed by atoms with Crippen LogP contribution in [0, 0.1) is 0 Å². The van der Waals surface area contributed by atoms with Crippen LogP contribution in [0.25, 0.3) is 0 Å². The zero-order valence-electron chi connectivity index (χ0n) is 9.87. The van der Waals surface area contributed by atoms with Gasteiger partial charge in [-0.2, -0.15) is 5.10 Å². The van der Waals surface area contributed by atoms with Crippen molar-refractivity contribution in [1.82, 2.24) is 0 Å². The van der Waals surface area contributed by atoms with Gasteiger partial charge in [0.2, 0.25) is 5.17 Å². The number of hydrogen-bond acceptors (Lipinski definition) is 4. The van der Waals surface area contributed by atoms with Crippen LogP contribution in [-0.4, -0.2) is 17.7 Å². The molecule has 0 saturated carbocycles. The van der Waals surface area contributed by atoms with Gasteiger partial charge >= 0.3 is 5.97 Å². The predicted octanol–water partition coefficient (Wildman–Crippen LogP) is 2.78. The number of benzene rings is 1. The van der Waals surface area contributed by atoms with Crippen molar-refractivity contribution in [2.75, 3.05) is 12.0 Å². The zero-order valence-corrected chi connectivity index (χ0v) is 10.6. The first-order chi connectivity index (χ1) is 8.17. The Labute approximate surface area is 106 Å². The third kappa shape index (κ3) is 4.44. The van der Waals surface area contributed by atoms with Gasteiger partial charge in [0.05, 0.1) is 12.3 Å². The number of carbonyl (C=O) groups is 1. The van der Waals surface area contributed by atoms with E-state index in [0.717, 1.165) is 12.1 Å². The van der Waals surface area contributed by atoms with Gasteiger partial charge in [-0.1, -0.05) is 30.7 Å². The second-order valence-electron chi connectivity index (χ2n) is 3.29. The quantitative estimate of drug-likeness (QED) is 0.499. The van der Waals surface area contributed by atoms with E-state index < -0.39 is 5.97 Å². The fraction of sp³-hybridized carbons (Fsp3) is 0.333. The Balaban J connectivity index is 2.59. The normalized spacial score (nSPS) is 11.1. The molecule has 0 amide bonds. The number of anilines is 1. The Bertz CT molecular complexity index is 401. The van der Waals surface area contributed by atoms with Gasteiger partial charge in [-0.15, -0.1) is 0 Å². The van der Waals surface area contributed by atoms with E-state index >= 15 is 0 Å². The summed E-state index contributed by atoms with van der Waals surface area (Å²) in [5.74, 6) is -0.633. The van der Waals surface area contributed by atoms with E-state index in [0.29, 0.717) is 0 Å². The molecule has 0 fully saturated rings. The molecule has 0 saturated heterocycles. The minimum absolute atomic E-state index is 0.216. The maximum absolute atomic E-state index is 11.1. The van der Waals surface area contributed by atoms with Gasteiger partial charge in [0, 0.05) is 0 Å². The predicted molar refractivity (Wildman–Crippen MR) is 69.4 cm³/mol. The maximum atomic E-state index is 11.1. The molecule has 0 unspecified atom stereocenters. The minimum Gasteiger partial charge on any atom is -0.461 e. The lowest BCUT2D eigenvalue weighted by Crippen LogP contribution is -2.13. The van der Waals surface area contributed by atoms with Gasteiger partial charge in [-0.25, -0.2) is 4.79 Å². The third-order valence-electron chi connectivity index (χ3n) is 2.09. The first-order valence-corrected chi connectivity index (χ1v) is 5.80. The molecule has 0 aliphatic rings. The Morgan fingerprint density at radius 2 is 2.00 bits per heavy atom. The van der Waals surface area contributed by atoms with Gasteiger partial charge in [0.1, 0.15) is 0 Å². The summed E-state index contributed by atoms with van der Waals surface area (Å²) in [4.78, 5) is 11.1. The largest absolute Gasteiger partial charge is 0.461 e. The van der Waals surface area contributed by atoms with Crippen LogP contribution in [0.2, 0.25) is 0 Å². The Morgan fingerprint density at radius 1 is 1.35 bits per heavy atom. The van der Waals surface area contributed by atoms with Crippen LogP contribution >= 0.6 is 11.6 Å². The summed E-state index contributed by atoms with van der Waals surface area (Å²) in [5.41, 5.74) is 4.69. The number of rotatable bonds is 5. The highest BCUT2D eigenvalue weighted by Crippen LogP contribution is 2.10. The van der Waals surface area contributed by atoms with Crippen molar-refractivity contribution in [2.45, 2.75) is 20.3 Å². The van der Waals surface area contributed by atoms with Crippen LogP contribution in [0.5, 0.6) is 0 Å².